The van der Waals surface area contributed by atoms with E-state index in [1.54, 1.807) is 11.2 Å². The summed E-state index contributed by atoms with van der Waals surface area (Å²) in [5, 5.41) is 10.7. The second-order valence-electron chi connectivity index (χ2n) is 11.8. The van der Waals surface area contributed by atoms with Crippen LogP contribution in [0.1, 0.15) is 39.2 Å². The molecule has 2 aromatic heterocycles. The van der Waals surface area contributed by atoms with Gasteiger partial charge in [0.05, 0.1) is 36.4 Å². The number of imidazole rings is 1. The van der Waals surface area contributed by atoms with Gasteiger partial charge in [-0.2, -0.15) is 0 Å². The fraction of sp³-hybridized carbons (Fsp3) is 0.414. The topological polar surface area (TPSA) is 89.7 Å². The molecule has 0 saturated carbocycles. The van der Waals surface area contributed by atoms with E-state index in [0.717, 1.165) is 52.3 Å². The van der Waals surface area contributed by atoms with Crippen molar-refractivity contribution in [3.63, 3.8) is 0 Å². The standard InChI is InChI=1S/C29H32N4O4/c1-28(2,3)26-21(13-32(26)27(34)35)20-7-5-6-18-8-11-24(31-25(18)20)33-17-30-22-12-19(9-10-23(22)33)37-16-29(4)14-36-15-29/h5-12,17,21,26H,13-16H2,1-4H3,(H,34,35). The first-order valence-corrected chi connectivity index (χ1v) is 12.7. The number of hydrogen-bond donors (Lipinski definition) is 1. The Hall–Kier alpha value is -3.65. The Morgan fingerprint density at radius 1 is 1.19 bits per heavy atom. The highest BCUT2D eigenvalue weighted by atomic mass is 16.5. The van der Waals surface area contributed by atoms with Gasteiger partial charge in [-0.05, 0) is 35.2 Å². The third kappa shape index (κ3) is 4.09. The van der Waals surface area contributed by atoms with Crippen molar-refractivity contribution in [3.05, 3.63) is 60.4 Å². The number of aromatic nitrogens is 3. The van der Waals surface area contributed by atoms with Crippen LogP contribution in [0.25, 0.3) is 27.8 Å². The number of likely N-dealkylation sites (tertiary alicyclic amines) is 1. The van der Waals surface area contributed by atoms with Gasteiger partial charge in [-0.1, -0.05) is 45.9 Å². The lowest BCUT2D eigenvalue weighted by Crippen LogP contribution is -2.62. The average molecular weight is 501 g/mol. The van der Waals surface area contributed by atoms with Gasteiger partial charge in [0.25, 0.3) is 0 Å². The second-order valence-corrected chi connectivity index (χ2v) is 11.8. The average Bonchev–Trinajstić information content (AvgIpc) is 3.23. The van der Waals surface area contributed by atoms with Crippen LogP contribution < -0.4 is 4.74 Å². The number of benzene rings is 2. The maximum Gasteiger partial charge on any atom is 0.407 e. The van der Waals surface area contributed by atoms with Gasteiger partial charge in [0, 0.05) is 35.4 Å². The first-order chi connectivity index (χ1) is 17.6. The molecule has 0 bridgehead atoms. The van der Waals surface area contributed by atoms with Gasteiger partial charge < -0.3 is 19.5 Å². The highest BCUT2D eigenvalue weighted by molar-refractivity contribution is 5.85. The molecular formula is C29H32N4O4. The Kier molecular flexibility index (Phi) is 5.42. The molecule has 0 spiro atoms. The zero-order valence-corrected chi connectivity index (χ0v) is 21.6. The minimum atomic E-state index is -0.867. The van der Waals surface area contributed by atoms with Crippen molar-refractivity contribution < 1.29 is 19.4 Å². The summed E-state index contributed by atoms with van der Waals surface area (Å²) in [6.45, 7) is 11.0. The van der Waals surface area contributed by atoms with Crippen LogP contribution in [0.15, 0.2) is 54.9 Å². The molecule has 0 aliphatic carbocycles. The highest BCUT2D eigenvalue weighted by Crippen LogP contribution is 2.45. The molecule has 37 heavy (non-hydrogen) atoms. The molecule has 1 N–H and O–H groups in total. The van der Waals surface area contributed by atoms with E-state index in [1.807, 2.05) is 34.9 Å². The Morgan fingerprint density at radius 2 is 2.00 bits per heavy atom. The number of hydrogen-bond acceptors (Lipinski definition) is 5. The summed E-state index contributed by atoms with van der Waals surface area (Å²) in [5.74, 6) is 1.66. The summed E-state index contributed by atoms with van der Waals surface area (Å²) >= 11 is 0. The van der Waals surface area contributed by atoms with E-state index in [9.17, 15) is 9.90 Å². The molecule has 0 radical (unpaired) electrons. The summed E-state index contributed by atoms with van der Waals surface area (Å²) in [6, 6.07) is 16.1. The van der Waals surface area contributed by atoms with Crippen LogP contribution in [0.3, 0.4) is 0 Å². The zero-order chi connectivity index (χ0) is 25.9. The van der Waals surface area contributed by atoms with Crippen LogP contribution in [0.2, 0.25) is 0 Å². The largest absolute Gasteiger partial charge is 0.493 e. The van der Waals surface area contributed by atoms with E-state index in [4.69, 9.17) is 14.5 Å². The van der Waals surface area contributed by atoms with Gasteiger partial charge in [0.1, 0.15) is 17.9 Å². The molecule has 2 aliphatic heterocycles. The quantitative estimate of drug-likeness (QED) is 0.390. The fourth-order valence-corrected chi connectivity index (χ4v) is 5.69. The minimum absolute atomic E-state index is 0.0783. The summed E-state index contributed by atoms with van der Waals surface area (Å²) in [5.41, 5.74) is 3.67. The van der Waals surface area contributed by atoms with Gasteiger partial charge in [0.2, 0.25) is 0 Å². The predicted molar refractivity (Wildman–Crippen MR) is 142 cm³/mol. The van der Waals surface area contributed by atoms with Crippen LogP contribution >= 0.6 is 0 Å². The van der Waals surface area contributed by atoms with E-state index in [0.29, 0.717) is 13.2 Å². The molecular weight excluding hydrogens is 468 g/mol. The zero-order valence-electron chi connectivity index (χ0n) is 21.6. The smallest absolute Gasteiger partial charge is 0.407 e. The van der Waals surface area contributed by atoms with Crippen molar-refractivity contribution in [1.29, 1.82) is 0 Å². The summed E-state index contributed by atoms with van der Waals surface area (Å²) in [7, 11) is 0. The lowest BCUT2D eigenvalue weighted by atomic mass is 9.69. The van der Waals surface area contributed by atoms with Crippen molar-refractivity contribution in [2.45, 2.75) is 39.7 Å². The predicted octanol–water partition coefficient (Wildman–Crippen LogP) is 5.48. The number of ether oxygens (including phenoxy) is 2. The third-order valence-corrected chi connectivity index (χ3v) is 7.63. The van der Waals surface area contributed by atoms with Gasteiger partial charge in [0.15, 0.2) is 0 Å². The van der Waals surface area contributed by atoms with E-state index in [2.05, 4.69) is 50.9 Å². The van der Waals surface area contributed by atoms with Crippen molar-refractivity contribution in [2.75, 3.05) is 26.4 Å². The maximum atomic E-state index is 11.8. The summed E-state index contributed by atoms with van der Waals surface area (Å²) in [4.78, 5) is 23.1. The van der Waals surface area contributed by atoms with Gasteiger partial charge >= 0.3 is 6.09 Å². The fourth-order valence-electron chi connectivity index (χ4n) is 5.69. The molecule has 2 aromatic carbocycles. The Morgan fingerprint density at radius 3 is 2.70 bits per heavy atom. The molecule has 8 heteroatoms. The normalized spacial score (nSPS) is 21.0. The van der Waals surface area contributed by atoms with Crippen LogP contribution in [-0.4, -0.2) is 63.0 Å². The summed E-state index contributed by atoms with van der Waals surface area (Å²) < 4.78 is 13.3. The molecule has 1 amide bonds. The van der Waals surface area contributed by atoms with E-state index in [1.165, 1.54) is 0 Å². The first-order valence-electron chi connectivity index (χ1n) is 12.7. The molecule has 2 saturated heterocycles. The molecule has 8 nitrogen and oxygen atoms in total. The number of rotatable bonds is 5. The number of para-hydroxylation sites is 1. The van der Waals surface area contributed by atoms with Gasteiger partial charge in [-0.25, -0.2) is 14.8 Å². The third-order valence-electron chi connectivity index (χ3n) is 7.63. The Bertz CT molecular complexity index is 1500. The lowest BCUT2D eigenvalue weighted by Gasteiger charge is -2.53. The van der Waals surface area contributed by atoms with Crippen LogP contribution in [0.4, 0.5) is 4.79 Å². The van der Waals surface area contributed by atoms with Crippen molar-refractivity contribution in [1.82, 2.24) is 19.4 Å². The van der Waals surface area contributed by atoms with Crippen molar-refractivity contribution >= 4 is 28.0 Å². The van der Waals surface area contributed by atoms with Crippen molar-refractivity contribution in [2.24, 2.45) is 10.8 Å². The van der Waals surface area contributed by atoms with Gasteiger partial charge in [-0.15, -0.1) is 0 Å². The van der Waals surface area contributed by atoms with Crippen molar-refractivity contribution in [3.8, 4) is 11.6 Å². The number of amides is 1. The number of pyridine rings is 1. The summed E-state index contributed by atoms with van der Waals surface area (Å²) in [6.07, 6.45) is 0.924. The highest BCUT2D eigenvalue weighted by Gasteiger charge is 2.49. The minimum Gasteiger partial charge on any atom is -0.493 e. The monoisotopic (exact) mass is 500 g/mol. The van der Waals surface area contributed by atoms with Crippen LogP contribution in [0.5, 0.6) is 5.75 Å². The number of fused-ring (bicyclic) bond motifs is 2. The van der Waals surface area contributed by atoms with E-state index in [-0.39, 0.29) is 22.8 Å². The number of carbonyl (C=O) groups is 1. The first kappa shape index (κ1) is 23.7. The Balaban J connectivity index is 1.34. The molecule has 4 heterocycles. The molecule has 2 fully saturated rings. The molecule has 4 aromatic rings. The maximum absolute atomic E-state index is 11.8. The molecule has 2 aliphatic rings. The van der Waals surface area contributed by atoms with Crippen LogP contribution in [0, 0.1) is 10.8 Å². The number of nitrogens with zero attached hydrogens (tertiary/aromatic N) is 4. The SMILES string of the molecule is CC1(COc2ccc3c(c2)ncn3-c2ccc3cccc(C4CN(C(=O)O)C4C(C)(C)C)c3n2)COC1. The van der Waals surface area contributed by atoms with E-state index < -0.39 is 6.09 Å². The van der Waals surface area contributed by atoms with Crippen LogP contribution in [-0.2, 0) is 4.74 Å². The van der Waals surface area contributed by atoms with E-state index >= 15 is 0 Å². The number of carboxylic acid groups (broad SMARTS) is 1. The molecule has 2 unspecified atom stereocenters. The molecule has 2 atom stereocenters. The van der Waals surface area contributed by atoms with Gasteiger partial charge in [-0.3, -0.25) is 4.57 Å². The Labute approximate surface area is 215 Å². The lowest BCUT2D eigenvalue weighted by molar-refractivity contribution is -0.120. The second kappa shape index (κ2) is 8.45. The molecule has 192 valence electrons. The molecule has 6 rings (SSSR count).